The van der Waals surface area contributed by atoms with Crippen molar-refractivity contribution in [1.82, 2.24) is 10.3 Å². The quantitative estimate of drug-likeness (QED) is 0.604. The highest BCUT2D eigenvalue weighted by atomic mass is 32.2. The molecule has 4 nitrogen and oxygen atoms in total. The van der Waals surface area contributed by atoms with E-state index in [1.165, 1.54) is 11.8 Å². The Morgan fingerprint density at radius 1 is 1.19 bits per heavy atom. The highest BCUT2D eigenvalue weighted by molar-refractivity contribution is 8.02. The molecule has 1 amide bonds. The molecule has 6 heteroatoms. The summed E-state index contributed by atoms with van der Waals surface area (Å²) in [5.74, 6) is 0.810. The fraction of sp³-hybridized carbons (Fsp3) is 0.200. The van der Waals surface area contributed by atoms with E-state index < -0.39 is 0 Å². The van der Waals surface area contributed by atoms with Gasteiger partial charge in [-0.05, 0) is 24.6 Å². The third kappa shape index (κ3) is 4.86. The number of amides is 1. The predicted octanol–water partition coefficient (Wildman–Crippen LogP) is 4.62. The Morgan fingerprint density at radius 3 is 2.62 bits per heavy atom. The molecule has 1 N–H and O–H groups in total. The van der Waals surface area contributed by atoms with E-state index in [-0.39, 0.29) is 11.2 Å². The number of aromatic nitrogens is 1. The van der Waals surface area contributed by atoms with E-state index in [0.29, 0.717) is 6.54 Å². The molecule has 2 aromatic carbocycles. The fourth-order valence-electron chi connectivity index (χ4n) is 2.33. The number of nitrogens with one attached hydrogen (secondary N) is 1. The van der Waals surface area contributed by atoms with E-state index in [1.807, 2.05) is 66.9 Å². The predicted molar refractivity (Wildman–Crippen MR) is 108 cm³/mol. The molecule has 1 atom stereocenters. The van der Waals surface area contributed by atoms with Crippen LogP contribution in [0.2, 0.25) is 0 Å². The summed E-state index contributed by atoms with van der Waals surface area (Å²) in [4.78, 5) is 17.0. The molecule has 0 saturated carbocycles. The molecule has 0 bridgehead atoms. The molecule has 1 heterocycles. The summed E-state index contributed by atoms with van der Waals surface area (Å²) in [6.07, 6.45) is 0. The Kier molecular flexibility index (Phi) is 6.30. The molecule has 0 aliphatic carbocycles. The molecule has 0 saturated heterocycles. The minimum Gasteiger partial charge on any atom is -0.497 e. The molecule has 134 valence electrons. The van der Waals surface area contributed by atoms with Gasteiger partial charge in [0, 0.05) is 17.5 Å². The van der Waals surface area contributed by atoms with Gasteiger partial charge in [0.2, 0.25) is 5.91 Å². The maximum Gasteiger partial charge on any atom is 0.233 e. The molecule has 1 aromatic heterocycles. The number of benzene rings is 2. The molecule has 0 aliphatic rings. The van der Waals surface area contributed by atoms with Gasteiger partial charge in [-0.15, -0.1) is 11.3 Å². The van der Waals surface area contributed by atoms with Gasteiger partial charge in [-0.2, -0.15) is 0 Å². The number of nitrogens with zero attached hydrogens (tertiary/aromatic N) is 1. The summed E-state index contributed by atoms with van der Waals surface area (Å²) < 4.78 is 6.04. The number of hydrogen-bond donors (Lipinski definition) is 1. The van der Waals surface area contributed by atoms with Crippen molar-refractivity contribution in [1.29, 1.82) is 0 Å². The Bertz CT molecular complexity index is 848. The van der Waals surface area contributed by atoms with Crippen molar-refractivity contribution in [3.8, 4) is 17.0 Å². The molecule has 0 aliphatic heterocycles. The first-order valence-corrected chi connectivity index (χ1v) is 10.00. The highest BCUT2D eigenvalue weighted by Gasteiger charge is 2.16. The molecule has 3 rings (SSSR count). The minimum atomic E-state index is -0.206. The van der Waals surface area contributed by atoms with Crippen LogP contribution < -0.4 is 10.1 Å². The molecule has 0 fully saturated rings. The van der Waals surface area contributed by atoms with Crippen LogP contribution in [0.4, 0.5) is 0 Å². The van der Waals surface area contributed by atoms with Crippen molar-refractivity contribution in [3.05, 3.63) is 65.5 Å². The summed E-state index contributed by atoms with van der Waals surface area (Å²) in [6, 6.07) is 17.7. The number of ether oxygens (including phenoxy) is 1. The van der Waals surface area contributed by atoms with Crippen LogP contribution in [0.5, 0.6) is 5.75 Å². The molecule has 3 aromatic rings. The largest absolute Gasteiger partial charge is 0.497 e. The minimum absolute atomic E-state index is 0.00211. The number of hydrogen-bond acceptors (Lipinski definition) is 5. The van der Waals surface area contributed by atoms with Crippen molar-refractivity contribution in [2.45, 2.75) is 23.1 Å². The van der Waals surface area contributed by atoms with Gasteiger partial charge in [0.1, 0.15) is 5.75 Å². The van der Waals surface area contributed by atoms with E-state index in [9.17, 15) is 4.79 Å². The number of thioether (sulfide) groups is 1. The second-order valence-corrected chi connectivity index (χ2v) is 8.14. The summed E-state index contributed by atoms with van der Waals surface area (Å²) in [6.45, 7) is 2.40. The first-order valence-electron chi connectivity index (χ1n) is 8.24. The summed E-state index contributed by atoms with van der Waals surface area (Å²) in [5, 5.41) is 4.79. The van der Waals surface area contributed by atoms with Gasteiger partial charge in [-0.1, -0.05) is 54.2 Å². The highest BCUT2D eigenvalue weighted by Crippen LogP contribution is 2.30. The average molecular weight is 385 g/mol. The lowest BCUT2D eigenvalue weighted by atomic mass is 10.2. The molecule has 0 unspecified atom stereocenters. The maximum atomic E-state index is 12.3. The van der Waals surface area contributed by atoms with E-state index in [1.54, 1.807) is 18.4 Å². The topological polar surface area (TPSA) is 51.2 Å². The van der Waals surface area contributed by atoms with Crippen LogP contribution in [-0.2, 0) is 11.3 Å². The zero-order valence-corrected chi connectivity index (χ0v) is 16.3. The van der Waals surface area contributed by atoms with Gasteiger partial charge < -0.3 is 10.1 Å². The molecule has 0 spiro atoms. The van der Waals surface area contributed by atoms with Crippen molar-refractivity contribution in [2.24, 2.45) is 0 Å². The normalized spacial score (nSPS) is 11.8. The van der Waals surface area contributed by atoms with Crippen LogP contribution in [-0.4, -0.2) is 23.3 Å². The SMILES string of the molecule is COc1ccc(CNC(=O)[C@H](C)Sc2nc(-c3ccccc3)cs2)cc1. The Balaban J connectivity index is 1.53. The lowest BCUT2D eigenvalue weighted by Gasteiger charge is -2.11. The van der Waals surface area contributed by atoms with Gasteiger partial charge in [0.05, 0.1) is 18.1 Å². The van der Waals surface area contributed by atoms with Crippen molar-refractivity contribution in [3.63, 3.8) is 0 Å². The van der Waals surface area contributed by atoms with Crippen LogP contribution in [0.15, 0.2) is 64.3 Å². The smallest absolute Gasteiger partial charge is 0.233 e. The number of carbonyl (C=O) groups excluding carboxylic acids is 1. The van der Waals surface area contributed by atoms with Crippen molar-refractivity contribution < 1.29 is 9.53 Å². The maximum absolute atomic E-state index is 12.3. The number of thiazole rings is 1. The number of carbonyl (C=O) groups is 1. The lowest BCUT2D eigenvalue weighted by molar-refractivity contribution is -0.120. The summed E-state index contributed by atoms with van der Waals surface area (Å²) in [5.41, 5.74) is 3.08. The zero-order valence-electron chi connectivity index (χ0n) is 14.6. The average Bonchev–Trinajstić information content (AvgIpc) is 3.15. The van der Waals surface area contributed by atoms with Crippen molar-refractivity contribution >= 4 is 29.0 Å². The standard InChI is InChI=1S/C20H20N2O2S2/c1-14(19(23)21-12-15-8-10-17(24-2)11-9-15)26-20-22-18(13-25-20)16-6-4-3-5-7-16/h3-11,13-14H,12H2,1-2H3,(H,21,23)/t14-/m0/s1. The zero-order chi connectivity index (χ0) is 18.4. The monoisotopic (exact) mass is 384 g/mol. The summed E-state index contributed by atoms with van der Waals surface area (Å²) in [7, 11) is 1.64. The van der Waals surface area contributed by atoms with Crippen molar-refractivity contribution in [2.75, 3.05) is 7.11 Å². The van der Waals surface area contributed by atoms with Crippen LogP contribution in [0.3, 0.4) is 0 Å². The number of rotatable bonds is 7. The van der Waals surface area contributed by atoms with Gasteiger partial charge >= 0.3 is 0 Å². The molecular formula is C20H20N2O2S2. The summed E-state index contributed by atoms with van der Waals surface area (Å²) >= 11 is 3.05. The fourth-order valence-corrected chi connectivity index (χ4v) is 4.33. The Hall–Kier alpha value is -2.31. The Labute approximate surface area is 161 Å². The first-order chi connectivity index (χ1) is 12.7. The second-order valence-electron chi connectivity index (χ2n) is 5.69. The van der Waals surface area contributed by atoms with Crippen LogP contribution in [0, 0.1) is 0 Å². The van der Waals surface area contributed by atoms with E-state index >= 15 is 0 Å². The number of methoxy groups -OCH3 is 1. The third-order valence-electron chi connectivity index (χ3n) is 3.83. The lowest BCUT2D eigenvalue weighted by Crippen LogP contribution is -2.30. The Morgan fingerprint density at radius 2 is 1.92 bits per heavy atom. The van der Waals surface area contributed by atoms with Gasteiger partial charge in [0.15, 0.2) is 4.34 Å². The van der Waals surface area contributed by atoms with Gasteiger partial charge in [-0.25, -0.2) is 4.98 Å². The van der Waals surface area contributed by atoms with E-state index in [2.05, 4.69) is 10.3 Å². The third-order valence-corrected chi connectivity index (χ3v) is 5.90. The van der Waals surface area contributed by atoms with E-state index in [0.717, 1.165) is 26.9 Å². The van der Waals surface area contributed by atoms with Gasteiger partial charge in [-0.3, -0.25) is 4.79 Å². The van der Waals surface area contributed by atoms with E-state index in [4.69, 9.17) is 4.74 Å². The van der Waals surface area contributed by atoms with Crippen LogP contribution in [0.1, 0.15) is 12.5 Å². The molecular weight excluding hydrogens is 364 g/mol. The second kappa shape index (κ2) is 8.87. The first kappa shape index (κ1) is 18.5. The van der Waals surface area contributed by atoms with Crippen LogP contribution in [0.25, 0.3) is 11.3 Å². The van der Waals surface area contributed by atoms with Crippen LogP contribution >= 0.6 is 23.1 Å². The molecule has 26 heavy (non-hydrogen) atoms. The van der Waals surface area contributed by atoms with Gasteiger partial charge in [0.25, 0.3) is 0 Å². The molecule has 0 radical (unpaired) electrons.